The maximum absolute atomic E-state index is 13.9. The van der Waals surface area contributed by atoms with E-state index in [0.717, 1.165) is 19.4 Å². The summed E-state index contributed by atoms with van der Waals surface area (Å²) in [4.78, 5) is 12.1. The molecular formula is C15H21FN2O2. The fourth-order valence-corrected chi connectivity index (χ4v) is 2.64. The number of amides is 1. The van der Waals surface area contributed by atoms with Gasteiger partial charge < -0.3 is 15.4 Å². The molecule has 1 amide bonds. The molecule has 1 fully saturated rings. The van der Waals surface area contributed by atoms with Gasteiger partial charge in [0.2, 0.25) is 0 Å². The molecule has 0 saturated carbocycles. The van der Waals surface area contributed by atoms with Crippen LogP contribution in [0.1, 0.15) is 28.8 Å². The van der Waals surface area contributed by atoms with E-state index in [1.807, 2.05) is 0 Å². The number of carbonyl (C=O) groups is 1. The lowest BCUT2D eigenvalue weighted by Gasteiger charge is -2.29. The summed E-state index contributed by atoms with van der Waals surface area (Å²) in [7, 11) is 1.64. The van der Waals surface area contributed by atoms with Crippen LogP contribution < -0.4 is 10.6 Å². The SMILES string of the molecule is COCC1(CNC(=O)c2cccc(C)c2F)CCCN1. The number of benzene rings is 1. The Morgan fingerprint density at radius 2 is 2.35 bits per heavy atom. The molecule has 1 aromatic carbocycles. The number of methoxy groups -OCH3 is 1. The van der Waals surface area contributed by atoms with Crippen molar-refractivity contribution < 1.29 is 13.9 Å². The Morgan fingerprint density at radius 1 is 1.55 bits per heavy atom. The third-order valence-corrected chi connectivity index (χ3v) is 3.78. The number of hydrogen-bond acceptors (Lipinski definition) is 3. The van der Waals surface area contributed by atoms with Crippen LogP contribution in [-0.2, 0) is 4.74 Å². The molecule has 1 aliphatic heterocycles. The monoisotopic (exact) mass is 280 g/mol. The predicted molar refractivity (Wildman–Crippen MR) is 75.3 cm³/mol. The fraction of sp³-hybridized carbons (Fsp3) is 0.533. The van der Waals surface area contributed by atoms with E-state index in [-0.39, 0.29) is 17.0 Å². The Balaban J connectivity index is 2.02. The second-order valence-corrected chi connectivity index (χ2v) is 5.36. The van der Waals surface area contributed by atoms with Crippen LogP contribution in [0.15, 0.2) is 18.2 Å². The van der Waals surface area contributed by atoms with Crippen LogP contribution in [0.25, 0.3) is 0 Å². The first-order chi connectivity index (χ1) is 9.58. The van der Waals surface area contributed by atoms with Gasteiger partial charge in [0.15, 0.2) is 0 Å². The summed E-state index contributed by atoms with van der Waals surface area (Å²) in [5, 5.41) is 6.18. The van der Waals surface area contributed by atoms with Gasteiger partial charge in [-0.15, -0.1) is 0 Å². The van der Waals surface area contributed by atoms with E-state index in [1.54, 1.807) is 26.2 Å². The standard InChI is InChI=1S/C15H21FN2O2/c1-11-5-3-6-12(13(11)16)14(19)17-9-15(10-20-2)7-4-8-18-15/h3,5-6,18H,4,7-10H2,1-2H3,(H,17,19). The second kappa shape index (κ2) is 6.33. The quantitative estimate of drug-likeness (QED) is 0.862. The Kier molecular flexibility index (Phi) is 4.73. The van der Waals surface area contributed by atoms with E-state index < -0.39 is 5.82 Å². The molecule has 0 radical (unpaired) electrons. The van der Waals surface area contributed by atoms with Gasteiger partial charge >= 0.3 is 0 Å². The molecule has 4 nitrogen and oxygen atoms in total. The van der Waals surface area contributed by atoms with Crippen LogP contribution in [0.2, 0.25) is 0 Å². The van der Waals surface area contributed by atoms with Gasteiger partial charge in [0, 0.05) is 13.7 Å². The maximum Gasteiger partial charge on any atom is 0.254 e. The Labute approximate surface area is 118 Å². The van der Waals surface area contributed by atoms with Crippen molar-refractivity contribution in [1.82, 2.24) is 10.6 Å². The summed E-state index contributed by atoms with van der Waals surface area (Å²) >= 11 is 0. The Hall–Kier alpha value is -1.46. The predicted octanol–water partition coefficient (Wildman–Crippen LogP) is 1.63. The molecule has 5 heteroatoms. The van der Waals surface area contributed by atoms with Crippen molar-refractivity contribution in [3.05, 3.63) is 35.1 Å². The van der Waals surface area contributed by atoms with Crippen molar-refractivity contribution in [3.63, 3.8) is 0 Å². The van der Waals surface area contributed by atoms with Crippen molar-refractivity contribution in [2.24, 2.45) is 0 Å². The minimum Gasteiger partial charge on any atom is -0.383 e. The Bertz CT molecular complexity index is 485. The van der Waals surface area contributed by atoms with Gasteiger partial charge in [0.25, 0.3) is 5.91 Å². The van der Waals surface area contributed by atoms with Crippen LogP contribution in [0.4, 0.5) is 4.39 Å². The van der Waals surface area contributed by atoms with Crippen LogP contribution in [0.5, 0.6) is 0 Å². The minimum absolute atomic E-state index is 0.0931. The normalized spacial score (nSPS) is 21.9. The number of nitrogens with one attached hydrogen (secondary N) is 2. The molecular weight excluding hydrogens is 259 g/mol. The highest BCUT2D eigenvalue weighted by Crippen LogP contribution is 2.19. The van der Waals surface area contributed by atoms with Crippen LogP contribution in [0, 0.1) is 12.7 Å². The third-order valence-electron chi connectivity index (χ3n) is 3.78. The molecule has 1 aromatic rings. The van der Waals surface area contributed by atoms with Gasteiger partial charge in [-0.05, 0) is 37.9 Å². The number of aryl methyl sites for hydroxylation is 1. The topological polar surface area (TPSA) is 50.4 Å². The second-order valence-electron chi connectivity index (χ2n) is 5.36. The minimum atomic E-state index is -0.454. The van der Waals surface area contributed by atoms with Gasteiger partial charge in [0.05, 0.1) is 17.7 Å². The molecule has 0 aliphatic carbocycles. The summed E-state index contributed by atoms with van der Waals surface area (Å²) in [6, 6.07) is 4.84. The van der Waals surface area contributed by atoms with Crippen molar-refractivity contribution in [1.29, 1.82) is 0 Å². The molecule has 2 N–H and O–H groups in total. The third kappa shape index (κ3) is 3.16. The lowest BCUT2D eigenvalue weighted by Crippen LogP contribution is -2.53. The van der Waals surface area contributed by atoms with E-state index in [0.29, 0.717) is 18.7 Å². The van der Waals surface area contributed by atoms with Gasteiger partial charge in [-0.3, -0.25) is 4.79 Å². The average Bonchev–Trinajstić information content (AvgIpc) is 2.89. The van der Waals surface area contributed by atoms with E-state index in [9.17, 15) is 9.18 Å². The lowest BCUT2D eigenvalue weighted by molar-refractivity contribution is 0.0888. The highest BCUT2D eigenvalue weighted by molar-refractivity contribution is 5.94. The molecule has 1 unspecified atom stereocenters. The molecule has 1 saturated heterocycles. The largest absolute Gasteiger partial charge is 0.383 e. The van der Waals surface area contributed by atoms with E-state index in [2.05, 4.69) is 10.6 Å². The van der Waals surface area contributed by atoms with Gasteiger partial charge in [-0.2, -0.15) is 0 Å². The van der Waals surface area contributed by atoms with Crippen LogP contribution in [0.3, 0.4) is 0 Å². The maximum atomic E-state index is 13.9. The molecule has 0 spiro atoms. The fourth-order valence-electron chi connectivity index (χ4n) is 2.64. The molecule has 110 valence electrons. The van der Waals surface area contributed by atoms with Crippen molar-refractivity contribution >= 4 is 5.91 Å². The first-order valence-corrected chi connectivity index (χ1v) is 6.85. The van der Waals surface area contributed by atoms with Crippen LogP contribution >= 0.6 is 0 Å². The van der Waals surface area contributed by atoms with Crippen molar-refractivity contribution in [3.8, 4) is 0 Å². The molecule has 2 rings (SSSR count). The van der Waals surface area contributed by atoms with E-state index >= 15 is 0 Å². The molecule has 1 heterocycles. The molecule has 0 bridgehead atoms. The molecule has 1 aliphatic rings. The van der Waals surface area contributed by atoms with Gasteiger partial charge in [-0.25, -0.2) is 4.39 Å². The number of rotatable bonds is 5. The zero-order valence-corrected chi connectivity index (χ0v) is 12.0. The van der Waals surface area contributed by atoms with Gasteiger partial charge in [0.1, 0.15) is 5.82 Å². The van der Waals surface area contributed by atoms with Crippen LogP contribution in [-0.4, -0.2) is 38.3 Å². The summed E-state index contributed by atoms with van der Waals surface area (Å²) in [5.74, 6) is -0.833. The number of carbonyl (C=O) groups excluding carboxylic acids is 1. The lowest BCUT2D eigenvalue weighted by atomic mass is 9.98. The molecule has 0 aromatic heterocycles. The summed E-state index contributed by atoms with van der Waals surface area (Å²) in [5.41, 5.74) is 0.337. The number of ether oxygens (including phenoxy) is 1. The summed E-state index contributed by atoms with van der Waals surface area (Å²) < 4.78 is 19.1. The first-order valence-electron chi connectivity index (χ1n) is 6.85. The average molecular weight is 280 g/mol. The number of halogens is 1. The first kappa shape index (κ1) is 14.9. The highest BCUT2D eigenvalue weighted by atomic mass is 19.1. The molecule has 20 heavy (non-hydrogen) atoms. The van der Waals surface area contributed by atoms with Crippen molar-refractivity contribution in [2.45, 2.75) is 25.3 Å². The zero-order chi connectivity index (χ0) is 14.6. The van der Waals surface area contributed by atoms with Gasteiger partial charge in [-0.1, -0.05) is 12.1 Å². The smallest absolute Gasteiger partial charge is 0.254 e. The van der Waals surface area contributed by atoms with E-state index in [1.165, 1.54) is 6.07 Å². The Morgan fingerprint density at radius 3 is 3.00 bits per heavy atom. The van der Waals surface area contributed by atoms with E-state index in [4.69, 9.17) is 4.74 Å². The number of hydrogen-bond donors (Lipinski definition) is 2. The summed E-state index contributed by atoms with van der Waals surface area (Å²) in [6.07, 6.45) is 2.00. The molecule has 1 atom stereocenters. The highest BCUT2D eigenvalue weighted by Gasteiger charge is 2.34. The van der Waals surface area contributed by atoms with Crippen molar-refractivity contribution in [2.75, 3.05) is 26.8 Å². The summed E-state index contributed by atoms with van der Waals surface area (Å²) in [6.45, 7) is 3.53. The zero-order valence-electron chi connectivity index (χ0n) is 12.0.